The normalized spacial score (nSPS) is 14.8. The highest BCUT2D eigenvalue weighted by Gasteiger charge is 2.32. The molecule has 0 aliphatic heterocycles. The van der Waals surface area contributed by atoms with Crippen molar-refractivity contribution >= 4 is 21.6 Å². The lowest BCUT2D eigenvalue weighted by Crippen LogP contribution is -2.46. The van der Waals surface area contributed by atoms with Gasteiger partial charge in [-0.1, -0.05) is 43.0 Å². The first-order valence-electron chi connectivity index (χ1n) is 10.7. The maximum absolute atomic E-state index is 13.7. The number of sulfonamides is 1. The van der Waals surface area contributed by atoms with Crippen LogP contribution in [0.4, 0.5) is 5.69 Å². The molecule has 0 atom stereocenters. The van der Waals surface area contributed by atoms with Crippen LogP contribution in [0, 0.1) is 13.8 Å². The number of rotatable bonds is 7. The largest absolute Gasteiger partial charge is 0.495 e. The molecule has 31 heavy (non-hydrogen) atoms. The second-order valence-corrected chi connectivity index (χ2v) is 10.2. The molecular formula is C24H32N2O4S. The summed E-state index contributed by atoms with van der Waals surface area (Å²) in [6.45, 7) is 3.51. The van der Waals surface area contributed by atoms with Crippen molar-refractivity contribution in [2.24, 2.45) is 0 Å². The minimum absolute atomic E-state index is 0.148. The van der Waals surface area contributed by atoms with Gasteiger partial charge in [0.05, 0.1) is 17.7 Å². The number of amides is 1. The van der Waals surface area contributed by atoms with E-state index in [1.807, 2.05) is 19.9 Å². The van der Waals surface area contributed by atoms with E-state index >= 15 is 0 Å². The van der Waals surface area contributed by atoms with Crippen molar-refractivity contribution in [3.63, 3.8) is 0 Å². The highest BCUT2D eigenvalue weighted by molar-refractivity contribution is 7.92. The monoisotopic (exact) mass is 444 g/mol. The Bertz CT molecular complexity index is 1010. The van der Waals surface area contributed by atoms with Crippen LogP contribution in [0.25, 0.3) is 0 Å². The Balaban J connectivity index is 2.01. The second kappa shape index (κ2) is 9.73. The maximum Gasteiger partial charge on any atom is 0.264 e. The van der Waals surface area contributed by atoms with Gasteiger partial charge in [-0.15, -0.1) is 0 Å². The lowest BCUT2D eigenvalue weighted by Gasteiger charge is -2.33. The van der Waals surface area contributed by atoms with E-state index in [0.717, 1.165) is 36.8 Å². The molecule has 2 aromatic carbocycles. The highest BCUT2D eigenvalue weighted by Crippen LogP contribution is 2.34. The van der Waals surface area contributed by atoms with Crippen molar-refractivity contribution in [2.45, 2.75) is 56.9 Å². The predicted octanol–water partition coefficient (Wildman–Crippen LogP) is 4.30. The van der Waals surface area contributed by atoms with Crippen molar-refractivity contribution in [3.8, 4) is 5.75 Å². The molecule has 1 amide bonds. The molecule has 2 aromatic rings. The summed E-state index contributed by atoms with van der Waals surface area (Å²) < 4.78 is 34.0. The van der Waals surface area contributed by atoms with Gasteiger partial charge in [-0.05, 0) is 56.5 Å². The van der Waals surface area contributed by atoms with Crippen LogP contribution in [0.2, 0.25) is 0 Å². The Morgan fingerprint density at radius 2 is 1.61 bits per heavy atom. The van der Waals surface area contributed by atoms with E-state index < -0.39 is 10.0 Å². The summed E-state index contributed by atoms with van der Waals surface area (Å²) in [6.07, 6.45) is 5.30. The van der Waals surface area contributed by atoms with Crippen LogP contribution in [0.1, 0.15) is 43.2 Å². The van der Waals surface area contributed by atoms with Crippen molar-refractivity contribution in [1.29, 1.82) is 0 Å². The number of methoxy groups -OCH3 is 1. The van der Waals surface area contributed by atoms with Crippen molar-refractivity contribution in [3.05, 3.63) is 53.6 Å². The zero-order valence-corrected chi connectivity index (χ0v) is 19.6. The quantitative estimate of drug-likeness (QED) is 0.639. The standard InChI is InChI=1S/C24H32N2O4S/c1-18-10-13-21(14-11-18)31(28,29)26(22-16-19(2)12-15-23(22)30-4)17-24(27)25(3)20-8-6-5-7-9-20/h10-16,20H,5-9,17H2,1-4H3. The maximum atomic E-state index is 13.7. The minimum Gasteiger partial charge on any atom is -0.495 e. The van der Waals surface area contributed by atoms with Gasteiger partial charge in [0.15, 0.2) is 0 Å². The van der Waals surface area contributed by atoms with Gasteiger partial charge in [0.25, 0.3) is 10.0 Å². The summed E-state index contributed by atoms with van der Waals surface area (Å²) >= 11 is 0. The SMILES string of the molecule is COc1ccc(C)cc1N(CC(=O)N(C)C1CCCCC1)S(=O)(=O)c1ccc(C)cc1. The second-order valence-electron chi connectivity index (χ2n) is 8.30. The number of aryl methyl sites for hydroxylation is 2. The summed E-state index contributed by atoms with van der Waals surface area (Å²) in [7, 11) is -0.693. The molecule has 0 heterocycles. The van der Waals surface area contributed by atoms with E-state index in [1.54, 1.807) is 48.3 Å². The van der Waals surface area contributed by atoms with Crippen molar-refractivity contribution < 1.29 is 17.9 Å². The van der Waals surface area contributed by atoms with E-state index in [-0.39, 0.29) is 23.4 Å². The van der Waals surface area contributed by atoms with E-state index in [1.165, 1.54) is 17.8 Å². The Labute approximate surface area is 185 Å². The molecule has 0 spiro atoms. The van der Waals surface area contributed by atoms with Crippen LogP contribution in [0.3, 0.4) is 0 Å². The van der Waals surface area contributed by atoms with Gasteiger partial charge in [-0.3, -0.25) is 9.10 Å². The summed E-state index contributed by atoms with van der Waals surface area (Å²) in [6, 6.07) is 12.2. The fourth-order valence-corrected chi connectivity index (χ4v) is 5.45. The zero-order valence-electron chi connectivity index (χ0n) is 18.8. The van der Waals surface area contributed by atoms with E-state index in [9.17, 15) is 13.2 Å². The summed E-state index contributed by atoms with van der Waals surface area (Å²) in [5.74, 6) is 0.195. The van der Waals surface area contributed by atoms with Gasteiger partial charge in [0.1, 0.15) is 12.3 Å². The Morgan fingerprint density at radius 3 is 2.23 bits per heavy atom. The summed E-state index contributed by atoms with van der Waals surface area (Å²) in [5, 5.41) is 0. The van der Waals surface area contributed by atoms with E-state index in [0.29, 0.717) is 11.4 Å². The van der Waals surface area contributed by atoms with Crippen LogP contribution < -0.4 is 9.04 Å². The van der Waals surface area contributed by atoms with Gasteiger partial charge >= 0.3 is 0 Å². The first-order valence-corrected chi connectivity index (χ1v) is 12.2. The van der Waals surface area contributed by atoms with Crippen LogP contribution in [-0.2, 0) is 14.8 Å². The number of benzene rings is 2. The number of likely N-dealkylation sites (N-methyl/N-ethyl adjacent to an activating group) is 1. The predicted molar refractivity (Wildman–Crippen MR) is 123 cm³/mol. The van der Waals surface area contributed by atoms with Crippen molar-refractivity contribution in [1.82, 2.24) is 4.90 Å². The van der Waals surface area contributed by atoms with Gasteiger partial charge in [-0.25, -0.2) is 8.42 Å². The molecule has 7 heteroatoms. The molecule has 0 radical (unpaired) electrons. The molecule has 0 aromatic heterocycles. The molecule has 0 bridgehead atoms. The summed E-state index contributed by atoms with van der Waals surface area (Å²) in [5.41, 5.74) is 2.22. The fraction of sp³-hybridized carbons (Fsp3) is 0.458. The molecule has 0 unspecified atom stereocenters. The Morgan fingerprint density at radius 1 is 1.00 bits per heavy atom. The lowest BCUT2D eigenvalue weighted by molar-refractivity contribution is -0.130. The first kappa shape index (κ1) is 23.1. The third kappa shape index (κ3) is 5.21. The van der Waals surface area contributed by atoms with Gasteiger partial charge < -0.3 is 9.64 Å². The number of anilines is 1. The molecule has 3 rings (SSSR count). The number of hydrogen-bond donors (Lipinski definition) is 0. The van der Waals surface area contributed by atoms with Crippen LogP contribution in [0.15, 0.2) is 47.4 Å². The average molecular weight is 445 g/mol. The molecule has 1 saturated carbocycles. The molecule has 6 nitrogen and oxygen atoms in total. The third-order valence-electron chi connectivity index (χ3n) is 6.01. The Kier molecular flexibility index (Phi) is 7.26. The number of nitrogens with zero attached hydrogens (tertiary/aromatic N) is 2. The first-order chi connectivity index (χ1) is 14.7. The Hall–Kier alpha value is -2.54. The molecule has 1 aliphatic rings. The van der Waals surface area contributed by atoms with E-state index in [4.69, 9.17) is 4.74 Å². The zero-order chi connectivity index (χ0) is 22.6. The van der Waals surface area contributed by atoms with Gasteiger partial charge in [-0.2, -0.15) is 0 Å². The summed E-state index contributed by atoms with van der Waals surface area (Å²) in [4.78, 5) is 15.1. The fourth-order valence-electron chi connectivity index (χ4n) is 4.04. The smallest absolute Gasteiger partial charge is 0.264 e. The molecule has 168 valence electrons. The van der Waals surface area contributed by atoms with Crippen LogP contribution in [-0.4, -0.2) is 46.0 Å². The molecule has 0 N–H and O–H groups in total. The number of carbonyl (C=O) groups is 1. The van der Waals surface area contributed by atoms with Gasteiger partial charge in [0.2, 0.25) is 5.91 Å². The topological polar surface area (TPSA) is 66.9 Å². The highest BCUT2D eigenvalue weighted by atomic mass is 32.2. The van der Waals surface area contributed by atoms with Crippen LogP contribution >= 0.6 is 0 Å². The number of hydrogen-bond acceptors (Lipinski definition) is 4. The molecule has 0 saturated heterocycles. The number of carbonyl (C=O) groups excluding carboxylic acids is 1. The van der Waals surface area contributed by atoms with Crippen LogP contribution in [0.5, 0.6) is 5.75 Å². The van der Waals surface area contributed by atoms with Gasteiger partial charge in [0, 0.05) is 13.1 Å². The molecule has 1 fully saturated rings. The third-order valence-corrected chi connectivity index (χ3v) is 7.78. The molecule has 1 aliphatic carbocycles. The number of ether oxygens (including phenoxy) is 1. The minimum atomic E-state index is -3.97. The van der Waals surface area contributed by atoms with E-state index in [2.05, 4.69) is 0 Å². The average Bonchev–Trinajstić information content (AvgIpc) is 2.77. The van der Waals surface area contributed by atoms with Crippen molar-refractivity contribution in [2.75, 3.05) is 25.0 Å². The molecular weight excluding hydrogens is 412 g/mol. The lowest BCUT2D eigenvalue weighted by atomic mass is 9.94.